The van der Waals surface area contributed by atoms with Gasteiger partial charge in [-0.25, -0.2) is 0 Å². The molecule has 0 N–H and O–H groups in total. The van der Waals surface area contributed by atoms with E-state index in [4.69, 9.17) is 4.42 Å². The van der Waals surface area contributed by atoms with Crippen molar-refractivity contribution in [3.05, 3.63) is 166 Å². The topological polar surface area (TPSA) is 24.6 Å². The highest BCUT2D eigenvalue weighted by molar-refractivity contribution is 7.00. The summed E-state index contributed by atoms with van der Waals surface area (Å²) in [5.41, 5.74) is 26.3. The zero-order valence-electron chi connectivity index (χ0n) is 52.7. The number of hydrogen-bond acceptors (Lipinski definition) is 3. The van der Waals surface area contributed by atoms with E-state index in [2.05, 4.69) is 274 Å². The molecule has 0 bridgehead atoms. The first-order chi connectivity index (χ1) is 37.6. The lowest BCUT2D eigenvalue weighted by atomic mass is 9.35. The summed E-state index contributed by atoms with van der Waals surface area (Å²) in [6.45, 7) is 47.6. The fourth-order valence-electron chi connectivity index (χ4n) is 14.7. The molecule has 9 aromatic rings. The number of rotatable bonds is 3. The number of aromatic nitrogens is 1. The Kier molecular flexibility index (Phi) is 11.3. The van der Waals surface area contributed by atoms with Gasteiger partial charge in [0.1, 0.15) is 5.58 Å². The third-order valence-electron chi connectivity index (χ3n) is 20.3. The van der Waals surface area contributed by atoms with Crippen LogP contribution >= 0.6 is 0 Å². The van der Waals surface area contributed by atoms with Gasteiger partial charge in [0, 0.05) is 44.6 Å². The van der Waals surface area contributed by atoms with Gasteiger partial charge in [-0.05, 0) is 203 Å². The van der Waals surface area contributed by atoms with Crippen LogP contribution in [0.5, 0.6) is 0 Å². The van der Waals surface area contributed by atoms with Gasteiger partial charge < -0.3 is 18.8 Å². The molecule has 7 aromatic carbocycles. The van der Waals surface area contributed by atoms with E-state index in [-0.39, 0.29) is 50.0 Å². The van der Waals surface area contributed by atoms with Crippen molar-refractivity contribution in [2.75, 3.05) is 9.80 Å². The van der Waals surface area contributed by atoms with Crippen LogP contribution in [-0.2, 0) is 43.3 Å². The Morgan fingerprint density at radius 3 is 1.33 bits per heavy atom. The molecule has 0 amide bonds. The normalized spacial score (nSPS) is 18.0. The average molecular weight is 1070 g/mol. The molecule has 2 aliphatic heterocycles. The zero-order valence-corrected chi connectivity index (χ0v) is 52.7. The van der Waals surface area contributed by atoms with Gasteiger partial charge in [-0.15, -0.1) is 0 Å². The van der Waals surface area contributed by atoms with E-state index in [1.165, 1.54) is 106 Å². The number of anilines is 6. The summed E-state index contributed by atoms with van der Waals surface area (Å²) in [6.07, 6.45) is 4.59. The van der Waals surface area contributed by atoms with E-state index in [1.54, 1.807) is 0 Å². The lowest BCUT2D eigenvalue weighted by molar-refractivity contribution is 0.332. The molecule has 0 unspecified atom stereocenters. The van der Waals surface area contributed by atoms with Crippen LogP contribution in [0.15, 0.2) is 126 Å². The molecule has 416 valence electrons. The maximum absolute atomic E-state index is 7.63. The Morgan fingerprint density at radius 2 is 0.815 bits per heavy atom. The molecule has 4 heterocycles. The quantitative estimate of drug-likeness (QED) is 0.165. The van der Waals surface area contributed by atoms with Crippen LogP contribution in [0.25, 0.3) is 38.5 Å². The second kappa shape index (κ2) is 17.1. The first-order valence-electron chi connectivity index (χ1n) is 30.5. The standard InChI is InChI=1S/C76H88BN3O/c1-69(2,3)45-21-26-49(27-22-45)80-64-42-51(79-60-30-23-46(70(4,5)6)37-52(60)53-38-47(71(7,8)9)24-31-61(53)79)41-63-66(64)77(68-67(80)54-39-48(72(10,11)12)25-32-65(54)81-68)59-43-57-58(76(19,20)36-35-75(57,17)18)44-62(59)78(63)50-28-29-55-56(40-50)74(15,16)34-33-73(55,13)14/h21-32,37-44H,33-36H2,1-20H3. The molecule has 0 saturated carbocycles. The van der Waals surface area contributed by atoms with Crippen molar-refractivity contribution in [2.24, 2.45) is 0 Å². The molecular weight excluding hydrogens is 982 g/mol. The molecule has 0 spiro atoms. The van der Waals surface area contributed by atoms with E-state index >= 15 is 0 Å². The Labute approximate surface area is 485 Å². The highest BCUT2D eigenvalue weighted by Crippen LogP contribution is 2.54. The van der Waals surface area contributed by atoms with Crippen LogP contribution in [0.4, 0.5) is 34.1 Å². The third kappa shape index (κ3) is 8.26. The molecule has 0 atom stereocenters. The SMILES string of the molecule is CC(C)(C)c1ccc(N2c3cc(-n4c5ccc(C(C)(C)C)cc5c5cc(C(C)(C)C)ccc54)cc4c3B(c3cc5c(cc3N4c3ccc4c(c3)C(C)(C)CCC4(C)C)C(C)(C)CCC5(C)C)c3oc4ccc(C(C)(C)C)cc4c32)cc1. The molecule has 81 heavy (non-hydrogen) atoms. The first kappa shape index (κ1) is 53.8. The van der Waals surface area contributed by atoms with Gasteiger partial charge in [0.25, 0.3) is 6.71 Å². The Morgan fingerprint density at radius 1 is 0.383 bits per heavy atom. The van der Waals surface area contributed by atoms with Gasteiger partial charge in [0.2, 0.25) is 0 Å². The first-order valence-corrected chi connectivity index (χ1v) is 30.5. The van der Waals surface area contributed by atoms with E-state index in [0.717, 1.165) is 53.0 Å². The van der Waals surface area contributed by atoms with Crippen molar-refractivity contribution >= 4 is 90.2 Å². The number of nitrogens with zero attached hydrogens (tertiary/aromatic N) is 3. The number of hydrogen-bond donors (Lipinski definition) is 0. The average Bonchev–Trinajstić information content (AvgIpc) is 3.87. The van der Waals surface area contributed by atoms with Crippen molar-refractivity contribution in [3.8, 4) is 5.69 Å². The second-order valence-electron chi connectivity index (χ2n) is 32.1. The van der Waals surface area contributed by atoms with Crippen molar-refractivity contribution in [2.45, 2.75) is 207 Å². The van der Waals surface area contributed by atoms with E-state index in [0.29, 0.717) is 0 Å². The maximum Gasteiger partial charge on any atom is 0.297 e. The molecular formula is C76H88BN3O. The summed E-state index contributed by atoms with van der Waals surface area (Å²) in [7, 11) is 0. The van der Waals surface area contributed by atoms with E-state index in [9.17, 15) is 0 Å². The van der Waals surface area contributed by atoms with Gasteiger partial charge in [-0.1, -0.05) is 181 Å². The van der Waals surface area contributed by atoms with Crippen LogP contribution in [0, 0.1) is 0 Å². The maximum atomic E-state index is 7.63. The van der Waals surface area contributed by atoms with Crippen LogP contribution < -0.4 is 26.4 Å². The van der Waals surface area contributed by atoms with Gasteiger partial charge >= 0.3 is 0 Å². The predicted molar refractivity (Wildman–Crippen MR) is 350 cm³/mol. The highest BCUT2D eigenvalue weighted by Gasteiger charge is 2.50. The molecule has 0 fully saturated rings. The summed E-state index contributed by atoms with van der Waals surface area (Å²) in [5.74, 6) is 0. The van der Waals surface area contributed by atoms with Crippen LogP contribution in [0.3, 0.4) is 0 Å². The van der Waals surface area contributed by atoms with Gasteiger partial charge in [0.15, 0.2) is 0 Å². The van der Waals surface area contributed by atoms with E-state index in [1.807, 2.05) is 0 Å². The molecule has 2 aliphatic carbocycles. The Balaban J connectivity index is 1.22. The zero-order chi connectivity index (χ0) is 57.8. The molecule has 2 aromatic heterocycles. The van der Waals surface area contributed by atoms with Crippen molar-refractivity contribution in [1.29, 1.82) is 0 Å². The largest absolute Gasteiger partial charge is 0.468 e. The molecule has 13 rings (SSSR count). The molecule has 5 heteroatoms. The van der Waals surface area contributed by atoms with Gasteiger partial charge in [-0.2, -0.15) is 0 Å². The van der Waals surface area contributed by atoms with Crippen molar-refractivity contribution < 1.29 is 4.42 Å². The number of furan rings is 1. The fourth-order valence-corrected chi connectivity index (χ4v) is 14.7. The summed E-state index contributed by atoms with van der Waals surface area (Å²) < 4.78 is 10.2. The molecule has 0 saturated heterocycles. The monoisotopic (exact) mass is 1070 g/mol. The minimum Gasteiger partial charge on any atom is -0.468 e. The molecule has 4 aliphatic rings. The van der Waals surface area contributed by atoms with Crippen molar-refractivity contribution in [3.63, 3.8) is 0 Å². The fraction of sp³-hybridized carbons (Fsp3) is 0.421. The Bertz CT molecular complexity index is 4030. The summed E-state index contributed by atoms with van der Waals surface area (Å²) >= 11 is 0. The van der Waals surface area contributed by atoms with Crippen molar-refractivity contribution in [1.82, 2.24) is 4.57 Å². The Hall–Kier alpha value is -6.46. The minimum absolute atomic E-state index is 0.0107. The number of fused-ring (bicyclic) bond motifs is 11. The van der Waals surface area contributed by atoms with E-state index < -0.39 is 0 Å². The highest BCUT2D eigenvalue weighted by atomic mass is 16.3. The lowest BCUT2D eigenvalue weighted by Crippen LogP contribution is -2.61. The number of benzene rings is 7. The second-order valence-corrected chi connectivity index (χ2v) is 32.1. The predicted octanol–water partition coefficient (Wildman–Crippen LogP) is 19.5. The third-order valence-corrected chi connectivity index (χ3v) is 20.3. The summed E-state index contributed by atoms with van der Waals surface area (Å²) in [4.78, 5) is 5.31. The lowest BCUT2D eigenvalue weighted by Gasteiger charge is -2.47. The van der Waals surface area contributed by atoms with Crippen LogP contribution in [-0.4, -0.2) is 11.3 Å². The van der Waals surface area contributed by atoms with Gasteiger partial charge in [-0.3, -0.25) is 0 Å². The van der Waals surface area contributed by atoms with Gasteiger partial charge in [0.05, 0.1) is 28.1 Å². The smallest absolute Gasteiger partial charge is 0.297 e. The minimum atomic E-state index is -0.193. The van der Waals surface area contributed by atoms with Crippen LogP contribution in [0.1, 0.15) is 209 Å². The summed E-state index contributed by atoms with van der Waals surface area (Å²) in [6, 6.07) is 49.0. The molecule has 4 nitrogen and oxygen atoms in total. The van der Waals surface area contributed by atoms with Crippen LogP contribution in [0.2, 0.25) is 0 Å². The molecule has 0 radical (unpaired) electrons. The summed E-state index contributed by atoms with van der Waals surface area (Å²) in [5, 5.41) is 3.73.